The normalized spacial score (nSPS) is 14.4. The quantitative estimate of drug-likeness (QED) is 0.0222. The van der Waals surface area contributed by atoms with E-state index in [0.29, 0.717) is 31.6 Å². The Labute approximate surface area is 562 Å². The minimum Gasteiger partial charge on any atom is -0.462 e. The first-order valence-electron chi connectivity index (χ1n) is 38.0. The summed E-state index contributed by atoms with van der Waals surface area (Å²) in [5, 5.41) is 10.6. The largest absolute Gasteiger partial charge is 0.472 e. The van der Waals surface area contributed by atoms with E-state index in [9.17, 15) is 43.2 Å². The highest BCUT2D eigenvalue weighted by Gasteiger charge is 2.30. The van der Waals surface area contributed by atoms with E-state index in [1.165, 1.54) is 186 Å². The van der Waals surface area contributed by atoms with Crippen molar-refractivity contribution in [3.05, 3.63) is 0 Å². The summed E-state index contributed by atoms with van der Waals surface area (Å²) in [5.41, 5.74) is 0. The number of ether oxygens (including phenoxy) is 4. The maximum Gasteiger partial charge on any atom is 0.472 e. The van der Waals surface area contributed by atoms with E-state index in [2.05, 4.69) is 41.5 Å². The Balaban J connectivity index is 5.12. The Bertz CT molecular complexity index is 1790. The van der Waals surface area contributed by atoms with Gasteiger partial charge in [0, 0.05) is 25.7 Å². The van der Waals surface area contributed by atoms with Gasteiger partial charge < -0.3 is 33.8 Å². The molecular weight excluding hydrogens is 1210 g/mol. The van der Waals surface area contributed by atoms with Gasteiger partial charge in [-0.2, -0.15) is 0 Å². The van der Waals surface area contributed by atoms with E-state index >= 15 is 0 Å². The van der Waals surface area contributed by atoms with E-state index in [0.717, 1.165) is 102 Å². The van der Waals surface area contributed by atoms with Gasteiger partial charge in [0.2, 0.25) is 0 Å². The smallest absolute Gasteiger partial charge is 0.462 e. The third-order valence-electron chi connectivity index (χ3n) is 17.3. The molecule has 0 spiro atoms. The van der Waals surface area contributed by atoms with Crippen molar-refractivity contribution >= 4 is 39.5 Å². The fourth-order valence-corrected chi connectivity index (χ4v) is 12.7. The summed E-state index contributed by atoms with van der Waals surface area (Å²) in [6.07, 6.45) is 52.1. The number of aliphatic hydroxyl groups is 1. The standard InChI is InChI=1S/C73H142O17P2/c1-7-10-12-14-15-16-17-18-19-20-21-22-23-24-29-32-35-38-45-51-57-72(77)89-69(62-84-71(76)56-50-44-37-34-31-28-26-25-27-30-33-36-43-48-54-66(6)9-3)64-88-92(81,82)86-60-67(74)59-85-91(79,80)87-63-68(61-83-70(75)55-49-41-13-11-8-2)90-73(78)58-52-46-40-39-42-47-53-65(4)5/h65-69,74H,7-64H2,1-6H3,(H,79,80)(H,81,82)/t66?,67-,68+,69+/m0/s1. The summed E-state index contributed by atoms with van der Waals surface area (Å²) in [4.78, 5) is 72.3. The van der Waals surface area contributed by atoms with Crippen LogP contribution in [-0.2, 0) is 65.4 Å². The van der Waals surface area contributed by atoms with Crippen LogP contribution >= 0.6 is 15.6 Å². The molecule has 0 bridgehead atoms. The number of carbonyl (C=O) groups is 4. The van der Waals surface area contributed by atoms with Crippen LogP contribution in [0.3, 0.4) is 0 Å². The predicted molar refractivity (Wildman–Crippen MR) is 372 cm³/mol. The van der Waals surface area contributed by atoms with Gasteiger partial charge in [-0.1, -0.05) is 324 Å². The molecule has 0 aromatic rings. The number of rotatable bonds is 72. The van der Waals surface area contributed by atoms with Crippen molar-refractivity contribution in [3.63, 3.8) is 0 Å². The Kier molecular flexibility index (Phi) is 63.7. The maximum atomic E-state index is 13.1. The summed E-state index contributed by atoms with van der Waals surface area (Å²) in [6.45, 7) is 9.44. The lowest BCUT2D eigenvalue weighted by Crippen LogP contribution is -2.30. The third kappa shape index (κ3) is 65.4. The van der Waals surface area contributed by atoms with Crippen LogP contribution in [0.4, 0.5) is 0 Å². The molecule has 19 heteroatoms. The highest BCUT2D eigenvalue weighted by atomic mass is 31.2. The van der Waals surface area contributed by atoms with Gasteiger partial charge >= 0.3 is 39.5 Å². The van der Waals surface area contributed by atoms with E-state index in [1.54, 1.807) is 0 Å². The van der Waals surface area contributed by atoms with Gasteiger partial charge in [-0.25, -0.2) is 9.13 Å². The number of phosphoric acid groups is 2. The number of hydrogen-bond acceptors (Lipinski definition) is 15. The molecule has 0 aliphatic heterocycles. The minimum atomic E-state index is -4.95. The average molecular weight is 1350 g/mol. The van der Waals surface area contributed by atoms with Crippen molar-refractivity contribution in [1.29, 1.82) is 0 Å². The molecule has 6 atom stereocenters. The average Bonchev–Trinajstić information content (AvgIpc) is 1.86. The summed E-state index contributed by atoms with van der Waals surface area (Å²) >= 11 is 0. The molecule has 0 aromatic carbocycles. The second kappa shape index (κ2) is 65.0. The second-order valence-corrected chi connectivity index (χ2v) is 30.0. The summed E-state index contributed by atoms with van der Waals surface area (Å²) in [6, 6.07) is 0. The number of carbonyl (C=O) groups excluding carboxylic acids is 4. The lowest BCUT2D eigenvalue weighted by molar-refractivity contribution is -0.161. The first-order valence-corrected chi connectivity index (χ1v) is 41.0. The van der Waals surface area contributed by atoms with Crippen LogP contribution in [0.5, 0.6) is 0 Å². The lowest BCUT2D eigenvalue weighted by atomic mass is 9.99. The highest BCUT2D eigenvalue weighted by molar-refractivity contribution is 7.47. The second-order valence-electron chi connectivity index (χ2n) is 27.1. The van der Waals surface area contributed by atoms with E-state index < -0.39 is 97.5 Å². The topological polar surface area (TPSA) is 237 Å². The molecule has 0 aliphatic rings. The Morgan fingerprint density at radius 3 is 0.826 bits per heavy atom. The fraction of sp³-hybridized carbons (Fsp3) is 0.945. The maximum absolute atomic E-state index is 13.1. The first-order chi connectivity index (χ1) is 44.4. The van der Waals surface area contributed by atoms with Gasteiger partial charge in [-0.05, 0) is 37.5 Å². The van der Waals surface area contributed by atoms with Gasteiger partial charge in [0.25, 0.3) is 0 Å². The summed E-state index contributed by atoms with van der Waals surface area (Å²) < 4.78 is 68.1. The van der Waals surface area contributed by atoms with E-state index in [-0.39, 0.29) is 25.7 Å². The van der Waals surface area contributed by atoms with Crippen LogP contribution in [0, 0.1) is 11.8 Å². The first kappa shape index (κ1) is 90.1. The highest BCUT2D eigenvalue weighted by Crippen LogP contribution is 2.45. The Morgan fingerprint density at radius 2 is 0.554 bits per heavy atom. The number of phosphoric ester groups is 2. The molecular formula is C73H142O17P2. The van der Waals surface area contributed by atoms with Crippen molar-refractivity contribution in [3.8, 4) is 0 Å². The zero-order valence-corrected chi connectivity index (χ0v) is 61.6. The van der Waals surface area contributed by atoms with Crippen LogP contribution in [0.1, 0.15) is 375 Å². The minimum absolute atomic E-state index is 0.101. The Morgan fingerprint density at radius 1 is 0.315 bits per heavy atom. The monoisotopic (exact) mass is 1350 g/mol. The number of unbranched alkanes of at least 4 members (excludes halogenated alkanes) is 41. The molecule has 0 aliphatic carbocycles. The predicted octanol–water partition coefficient (Wildman–Crippen LogP) is 21.2. The van der Waals surface area contributed by atoms with Crippen LogP contribution < -0.4 is 0 Å². The molecule has 17 nitrogen and oxygen atoms in total. The molecule has 0 saturated carbocycles. The number of hydrogen-bond donors (Lipinski definition) is 3. The van der Waals surface area contributed by atoms with Crippen LogP contribution in [0.2, 0.25) is 0 Å². The number of aliphatic hydroxyl groups excluding tert-OH is 1. The molecule has 3 unspecified atom stereocenters. The zero-order valence-electron chi connectivity index (χ0n) is 59.9. The molecule has 0 fully saturated rings. The van der Waals surface area contributed by atoms with Crippen molar-refractivity contribution in [2.24, 2.45) is 11.8 Å². The molecule has 0 aromatic heterocycles. The van der Waals surface area contributed by atoms with Crippen LogP contribution in [0.15, 0.2) is 0 Å². The Hall–Kier alpha value is -1.94. The molecule has 92 heavy (non-hydrogen) atoms. The van der Waals surface area contributed by atoms with Crippen LogP contribution in [-0.4, -0.2) is 96.7 Å². The van der Waals surface area contributed by atoms with Gasteiger partial charge in [0.1, 0.15) is 19.3 Å². The lowest BCUT2D eigenvalue weighted by Gasteiger charge is -2.21. The van der Waals surface area contributed by atoms with Crippen molar-refractivity contribution in [1.82, 2.24) is 0 Å². The SMILES string of the molecule is CCCCCCCCCCCCCCCCCCCCCCC(=O)O[C@H](COC(=O)CCCCCCCCCCCCCCCCC(C)CC)COP(=O)(O)OC[C@@H](O)COP(=O)(O)OC[C@@H](COC(=O)CCCCCCC)OC(=O)CCCCCCCCC(C)C. The third-order valence-corrected chi connectivity index (χ3v) is 19.2. The van der Waals surface area contributed by atoms with Gasteiger partial charge in [-0.3, -0.25) is 37.3 Å². The molecule has 3 N–H and O–H groups in total. The molecule has 0 radical (unpaired) electrons. The van der Waals surface area contributed by atoms with Crippen molar-refractivity contribution < 1.29 is 80.2 Å². The fourth-order valence-electron chi connectivity index (χ4n) is 11.1. The molecule has 0 heterocycles. The number of esters is 4. The molecule has 0 amide bonds. The van der Waals surface area contributed by atoms with Gasteiger partial charge in [0.15, 0.2) is 12.2 Å². The van der Waals surface area contributed by atoms with Crippen molar-refractivity contribution in [2.75, 3.05) is 39.6 Å². The van der Waals surface area contributed by atoms with Crippen LogP contribution in [0.25, 0.3) is 0 Å². The van der Waals surface area contributed by atoms with E-state index in [4.69, 9.17) is 37.0 Å². The van der Waals surface area contributed by atoms with Gasteiger partial charge in [-0.15, -0.1) is 0 Å². The van der Waals surface area contributed by atoms with Crippen molar-refractivity contribution in [2.45, 2.75) is 394 Å². The van der Waals surface area contributed by atoms with Gasteiger partial charge in [0.05, 0.1) is 26.4 Å². The van der Waals surface area contributed by atoms with E-state index in [1.807, 2.05) is 0 Å². The molecule has 546 valence electrons. The zero-order chi connectivity index (χ0) is 67.9. The molecule has 0 rings (SSSR count). The summed E-state index contributed by atoms with van der Waals surface area (Å²) in [7, 11) is -9.89. The molecule has 0 saturated heterocycles. The summed E-state index contributed by atoms with van der Waals surface area (Å²) in [5.74, 6) is -0.617.